The van der Waals surface area contributed by atoms with Crippen LogP contribution in [0.3, 0.4) is 0 Å². The molecule has 1 aliphatic heterocycles. The Morgan fingerprint density at radius 1 is 0.909 bits per heavy atom. The first-order valence-corrected chi connectivity index (χ1v) is 11.7. The fourth-order valence-electron chi connectivity index (χ4n) is 4.82. The first-order valence-electron chi connectivity index (χ1n) is 11.0. The Morgan fingerprint density at radius 2 is 1.52 bits per heavy atom. The molecule has 0 aromatic heterocycles. The van der Waals surface area contributed by atoms with Gasteiger partial charge in [0.2, 0.25) is 0 Å². The van der Waals surface area contributed by atoms with Crippen molar-refractivity contribution >= 4 is 34.8 Å². The molecule has 2 aromatic carbocycles. The van der Waals surface area contributed by atoms with Crippen molar-refractivity contribution in [3.8, 4) is 5.75 Å². The van der Waals surface area contributed by atoms with Crippen molar-refractivity contribution in [3.05, 3.63) is 86.1 Å². The Morgan fingerprint density at radius 3 is 2.09 bits per heavy atom. The molecule has 0 unspecified atom stereocenters. The third-order valence-electron chi connectivity index (χ3n) is 6.27. The summed E-state index contributed by atoms with van der Waals surface area (Å²) < 4.78 is 25.3. The summed E-state index contributed by atoms with van der Waals surface area (Å²) in [5.41, 5.74) is 2.38. The molecule has 0 atom stereocenters. The average molecular weight is 487 g/mol. The Hall–Kier alpha value is -2.63. The van der Waals surface area contributed by atoms with Crippen molar-refractivity contribution in [2.45, 2.75) is 51.0 Å². The zero-order chi connectivity index (χ0) is 23.1. The summed E-state index contributed by atoms with van der Waals surface area (Å²) in [6.07, 6.45) is 3.64. The standard InChI is InChI=1S/C26H21Cl2FO4/c27-17-11-15(12-18(28)26(17)32-13-14-4-1-5-16(29)10-14)23-24-19(30)6-2-8-21(24)33-22-9-3-7-20(31)25(22)23/h1,4-5,10-12,23H,2-3,6-9,13H2. The maximum Gasteiger partial charge on any atom is 0.163 e. The van der Waals surface area contributed by atoms with E-state index >= 15 is 0 Å². The smallest absolute Gasteiger partial charge is 0.163 e. The molecular weight excluding hydrogens is 466 g/mol. The highest BCUT2D eigenvalue weighted by molar-refractivity contribution is 6.37. The van der Waals surface area contributed by atoms with E-state index in [-0.39, 0.29) is 39.8 Å². The van der Waals surface area contributed by atoms with Crippen LogP contribution >= 0.6 is 23.2 Å². The summed E-state index contributed by atoms with van der Waals surface area (Å²) in [4.78, 5) is 25.8. The largest absolute Gasteiger partial charge is 0.486 e. The van der Waals surface area contributed by atoms with Gasteiger partial charge in [-0.3, -0.25) is 9.59 Å². The topological polar surface area (TPSA) is 52.6 Å². The molecule has 5 rings (SSSR count). The minimum absolute atomic E-state index is 0.00940. The number of ketones is 2. The highest BCUT2D eigenvalue weighted by atomic mass is 35.5. The fraction of sp³-hybridized carbons (Fsp3) is 0.308. The van der Waals surface area contributed by atoms with E-state index in [0.717, 1.165) is 12.8 Å². The quantitative estimate of drug-likeness (QED) is 0.474. The van der Waals surface area contributed by atoms with Gasteiger partial charge in [0.15, 0.2) is 17.3 Å². The van der Waals surface area contributed by atoms with Crippen molar-refractivity contribution < 1.29 is 23.5 Å². The van der Waals surface area contributed by atoms with Gasteiger partial charge in [-0.25, -0.2) is 4.39 Å². The van der Waals surface area contributed by atoms with Crippen LogP contribution in [-0.4, -0.2) is 11.6 Å². The van der Waals surface area contributed by atoms with Crippen LogP contribution in [0.25, 0.3) is 0 Å². The molecule has 33 heavy (non-hydrogen) atoms. The Labute approximate surface area is 201 Å². The van der Waals surface area contributed by atoms with Crippen LogP contribution in [0.2, 0.25) is 10.0 Å². The second-order valence-corrected chi connectivity index (χ2v) is 9.31. The fourth-order valence-corrected chi connectivity index (χ4v) is 5.43. The minimum Gasteiger partial charge on any atom is -0.486 e. The number of hydrogen-bond donors (Lipinski definition) is 0. The van der Waals surface area contributed by atoms with E-state index < -0.39 is 5.92 Å². The second-order valence-electron chi connectivity index (χ2n) is 8.49. The molecular formula is C26H21Cl2FO4. The number of halogens is 3. The molecule has 3 aliphatic rings. The van der Waals surface area contributed by atoms with E-state index in [1.807, 2.05) is 0 Å². The molecule has 170 valence electrons. The highest BCUT2D eigenvalue weighted by Gasteiger charge is 2.42. The van der Waals surface area contributed by atoms with E-state index in [1.54, 1.807) is 24.3 Å². The van der Waals surface area contributed by atoms with E-state index in [4.69, 9.17) is 32.7 Å². The van der Waals surface area contributed by atoms with E-state index in [2.05, 4.69) is 0 Å². The van der Waals surface area contributed by atoms with Crippen LogP contribution in [0.15, 0.2) is 59.1 Å². The zero-order valence-corrected chi connectivity index (χ0v) is 19.3. The number of Topliss-reactive ketones (excluding diaryl/α,β-unsaturated/α-hetero) is 2. The molecule has 7 heteroatoms. The van der Waals surface area contributed by atoms with Crippen LogP contribution in [-0.2, 0) is 20.9 Å². The predicted octanol–water partition coefficient (Wildman–Crippen LogP) is 6.84. The maximum atomic E-state index is 13.5. The van der Waals surface area contributed by atoms with Crippen molar-refractivity contribution in [1.82, 2.24) is 0 Å². The monoisotopic (exact) mass is 486 g/mol. The Kier molecular flexibility index (Phi) is 6.02. The summed E-state index contributed by atoms with van der Waals surface area (Å²) in [6.45, 7) is 0.0926. The molecule has 2 aromatic rings. The number of allylic oxidation sites excluding steroid dienone is 4. The molecule has 0 saturated carbocycles. The van der Waals surface area contributed by atoms with Crippen molar-refractivity contribution in [2.24, 2.45) is 0 Å². The van der Waals surface area contributed by atoms with Gasteiger partial charge in [-0.1, -0.05) is 35.3 Å². The molecule has 0 bridgehead atoms. The maximum absolute atomic E-state index is 13.5. The summed E-state index contributed by atoms with van der Waals surface area (Å²) in [6, 6.07) is 9.48. The van der Waals surface area contributed by atoms with Gasteiger partial charge < -0.3 is 9.47 Å². The van der Waals surface area contributed by atoms with Crippen LogP contribution in [0.4, 0.5) is 4.39 Å². The van der Waals surface area contributed by atoms with Gasteiger partial charge in [0, 0.05) is 42.7 Å². The van der Waals surface area contributed by atoms with Gasteiger partial charge >= 0.3 is 0 Å². The van der Waals surface area contributed by atoms with E-state index in [0.29, 0.717) is 59.5 Å². The van der Waals surface area contributed by atoms with Crippen LogP contribution in [0.1, 0.15) is 55.6 Å². The van der Waals surface area contributed by atoms with Crippen LogP contribution in [0.5, 0.6) is 5.75 Å². The van der Waals surface area contributed by atoms with Gasteiger partial charge in [0.25, 0.3) is 0 Å². The first kappa shape index (κ1) is 22.2. The molecule has 0 amide bonds. The highest BCUT2D eigenvalue weighted by Crippen LogP contribution is 2.49. The number of benzene rings is 2. The number of carbonyl (C=O) groups is 2. The summed E-state index contributed by atoms with van der Waals surface area (Å²) in [5, 5.41) is 0.521. The van der Waals surface area contributed by atoms with Crippen LogP contribution in [0, 0.1) is 5.82 Å². The van der Waals surface area contributed by atoms with Crippen molar-refractivity contribution in [2.75, 3.05) is 0 Å². The van der Waals surface area contributed by atoms with Gasteiger partial charge in [-0.15, -0.1) is 0 Å². The molecule has 0 saturated heterocycles. The summed E-state index contributed by atoms with van der Waals surface area (Å²) >= 11 is 13.1. The van der Waals surface area contributed by atoms with E-state index in [9.17, 15) is 14.0 Å². The number of rotatable bonds is 4. The molecule has 0 radical (unpaired) electrons. The van der Waals surface area contributed by atoms with Crippen molar-refractivity contribution in [1.29, 1.82) is 0 Å². The zero-order valence-electron chi connectivity index (χ0n) is 17.8. The number of carbonyl (C=O) groups excluding carboxylic acids is 2. The first-order chi connectivity index (χ1) is 15.9. The average Bonchev–Trinajstić information content (AvgIpc) is 2.77. The molecule has 0 fully saturated rings. The Balaban J connectivity index is 1.53. The minimum atomic E-state index is -0.545. The third kappa shape index (κ3) is 4.20. The van der Waals surface area contributed by atoms with Gasteiger partial charge in [0.1, 0.15) is 23.9 Å². The number of ether oxygens (including phenoxy) is 2. The number of hydrogen-bond acceptors (Lipinski definition) is 4. The molecule has 2 aliphatic carbocycles. The molecule has 0 spiro atoms. The third-order valence-corrected chi connectivity index (χ3v) is 6.83. The molecule has 0 N–H and O–H groups in total. The summed E-state index contributed by atoms with van der Waals surface area (Å²) in [5.74, 6) is 0.662. The van der Waals surface area contributed by atoms with E-state index in [1.165, 1.54) is 12.1 Å². The molecule has 1 heterocycles. The van der Waals surface area contributed by atoms with Gasteiger partial charge in [0.05, 0.1) is 10.0 Å². The lowest BCUT2D eigenvalue weighted by molar-refractivity contribution is -0.117. The lowest BCUT2D eigenvalue weighted by Crippen LogP contribution is -2.30. The SMILES string of the molecule is O=C1CCCC2=C1C(c1cc(Cl)c(OCc3cccc(F)c3)c(Cl)c1)C1=C(CCCC1=O)O2. The normalized spacial score (nSPS) is 18.8. The van der Waals surface area contributed by atoms with Crippen molar-refractivity contribution in [3.63, 3.8) is 0 Å². The van der Waals surface area contributed by atoms with Crippen LogP contribution < -0.4 is 4.74 Å². The predicted molar refractivity (Wildman–Crippen MR) is 123 cm³/mol. The second kappa shape index (κ2) is 8.96. The summed E-state index contributed by atoms with van der Waals surface area (Å²) in [7, 11) is 0. The lowest BCUT2D eigenvalue weighted by Gasteiger charge is -2.36. The molecule has 4 nitrogen and oxygen atoms in total. The van der Waals surface area contributed by atoms with Gasteiger partial charge in [-0.2, -0.15) is 0 Å². The Bertz CT molecular complexity index is 1170. The van der Waals surface area contributed by atoms with Gasteiger partial charge in [-0.05, 0) is 48.2 Å². The lowest BCUT2D eigenvalue weighted by atomic mass is 9.73.